The number of aromatic amines is 1. The van der Waals surface area contributed by atoms with E-state index in [1.165, 1.54) is 0 Å². The molecular weight excluding hydrogens is 352 g/mol. The quantitative estimate of drug-likeness (QED) is 0.638. The SMILES string of the molecule is N#Cc1ccc2nc(-c3ccccc3OCCCCN3CCOCC3)[nH]c2c1. The van der Waals surface area contributed by atoms with Crippen molar-refractivity contribution in [3.63, 3.8) is 0 Å². The largest absolute Gasteiger partial charge is 0.493 e. The molecule has 144 valence electrons. The second-order valence-electron chi connectivity index (χ2n) is 6.93. The summed E-state index contributed by atoms with van der Waals surface area (Å²) in [5.41, 5.74) is 3.25. The van der Waals surface area contributed by atoms with Crippen molar-refractivity contribution in [1.82, 2.24) is 14.9 Å². The van der Waals surface area contributed by atoms with Gasteiger partial charge in [0.2, 0.25) is 0 Å². The van der Waals surface area contributed by atoms with Gasteiger partial charge >= 0.3 is 0 Å². The lowest BCUT2D eigenvalue weighted by Crippen LogP contribution is -2.36. The van der Waals surface area contributed by atoms with E-state index in [2.05, 4.69) is 20.9 Å². The van der Waals surface area contributed by atoms with E-state index in [0.29, 0.717) is 12.2 Å². The molecule has 1 saturated heterocycles. The highest BCUT2D eigenvalue weighted by atomic mass is 16.5. The van der Waals surface area contributed by atoms with Gasteiger partial charge in [-0.1, -0.05) is 12.1 Å². The van der Waals surface area contributed by atoms with Crippen LogP contribution in [0.5, 0.6) is 5.75 Å². The van der Waals surface area contributed by atoms with Crippen LogP contribution in [0.2, 0.25) is 0 Å². The molecule has 28 heavy (non-hydrogen) atoms. The molecule has 0 bridgehead atoms. The first-order valence-electron chi connectivity index (χ1n) is 9.76. The number of rotatable bonds is 7. The Hall–Kier alpha value is -2.88. The fourth-order valence-corrected chi connectivity index (χ4v) is 3.44. The first-order chi connectivity index (χ1) is 13.8. The normalized spacial score (nSPS) is 14.8. The second kappa shape index (κ2) is 8.87. The van der Waals surface area contributed by atoms with E-state index in [1.54, 1.807) is 6.07 Å². The van der Waals surface area contributed by atoms with Crippen molar-refractivity contribution in [3.05, 3.63) is 48.0 Å². The van der Waals surface area contributed by atoms with Gasteiger partial charge in [0.15, 0.2) is 0 Å². The molecule has 0 radical (unpaired) electrons. The van der Waals surface area contributed by atoms with Crippen molar-refractivity contribution in [2.24, 2.45) is 0 Å². The maximum Gasteiger partial charge on any atom is 0.142 e. The Kier molecular flexibility index (Phi) is 5.86. The Bertz CT molecular complexity index is 970. The zero-order valence-corrected chi connectivity index (χ0v) is 15.9. The van der Waals surface area contributed by atoms with Gasteiger partial charge in [0.25, 0.3) is 0 Å². The number of para-hydroxylation sites is 1. The number of nitrogens with one attached hydrogen (secondary N) is 1. The lowest BCUT2D eigenvalue weighted by Gasteiger charge is -2.26. The van der Waals surface area contributed by atoms with E-state index < -0.39 is 0 Å². The average Bonchev–Trinajstić information content (AvgIpc) is 3.17. The zero-order chi connectivity index (χ0) is 19.2. The topological polar surface area (TPSA) is 74.2 Å². The number of benzene rings is 2. The van der Waals surface area contributed by atoms with Gasteiger partial charge in [0.1, 0.15) is 11.6 Å². The number of H-pyrrole nitrogens is 1. The van der Waals surface area contributed by atoms with Crippen LogP contribution in [0.4, 0.5) is 0 Å². The molecule has 1 fully saturated rings. The Morgan fingerprint density at radius 2 is 2.00 bits per heavy atom. The standard InChI is InChI=1S/C22H24N4O2/c23-16-17-7-8-19-20(15-17)25-22(24-19)18-5-1-2-6-21(18)28-12-4-3-9-26-10-13-27-14-11-26/h1-2,5-8,15H,3-4,9-14H2,(H,24,25). The number of hydrogen-bond acceptors (Lipinski definition) is 5. The lowest BCUT2D eigenvalue weighted by molar-refractivity contribution is 0.0368. The number of fused-ring (bicyclic) bond motifs is 1. The molecule has 0 unspecified atom stereocenters. The maximum absolute atomic E-state index is 9.08. The summed E-state index contributed by atoms with van der Waals surface area (Å²) in [5.74, 6) is 1.59. The van der Waals surface area contributed by atoms with Crippen LogP contribution in [0.1, 0.15) is 18.4 Å². The highest BCUT2D eigenvalue weighted by Gasteiger charge is 2.12. The van der Waals surface area contributed by atoms with E-state index in [9.17, 15) is 0 Å². The minimum absolute atomic E-state index is 0.618. The summed E-state index contributed by atoms with van der Waals surface area (Å²) in [6, 6.07) is 15.6. The Balaban J connectivity index is 1.39. The molecule has 2 aromatic carbocycles. The van der Waals surface area contributed by atoms with E-state index in [4.69, 9.17) is 14.7 Å². The predicted octanol–water partition coefficient (Wildman–Crippen LogP) is 3.59. The fraction of sp³-hybridized carbons (Fsp3) is 0.364. The number of hydrogen-bond donors (Lipinski definition) is 1. The van der Waals surface area contributed by atoms with Gasteiger partial charge in [-0.2, -0.15) is 5.26 Å². The van der Waals surface area contributed by atoms with Crippen molar-refractivity contribution in [1.29, 1.82) is 5.26 Å². The number of unbranched alkanes of at least 4 members (excludes halogenated alkanes) is 1. The molecule has 4 rings (SSSR count). The first kappa shape index (κ1) is 18.5. The third kappa shape index (κ3) is 4.33. The average molecular weight is 376 g/mol. The minimum atomic E-state index is 0.618. The number of imidazole rings is 1. The van der Waals surface area contributed by atoms with Crippen LogP contribution in [-0.4, -0.2) is 54.3 Å². The summed E-state index contributed by atoms with van der Waals surface area (Å²) in [6.07, 6.45) is 2.13. The van der Waals surface area contributed by atoms with Gasteiger partial charge in [0, 0.05) is 13.1 Å². The Morgan fingerprint density at radius 3 is 2.86 bits per heavy atom. The third-order valence-electron chi connectivity index (χ3n) is 4.98. The predicted molar refractivity (Wildman–Crippen MR) is 108 cm³/mol. The van der Waals surface area contributed by atoms with Crippen LogP contribution in [0.25, 0.3) is 22.4 Å². The Morgan fingerprint density at radius 1 is 1.14 bits per heavy atom. The lowest BCUT2D eigenvalue weighted by atomic mass is 10.2. The molecule has 3 aromatic rings. The number of aromatic nitrogens is 2. The molecule has 6 heteroatoms. The molecule has 0 atom stereocenters. The van der Waals surface area contributed by atoms with Crippen molar-refractivity contribution < 1.29 is 9.47 Å². The van der Waals surface area contributed by atoms with Crippen LogP contribution in [-0.2, 0) is 4.74 Å². The molecule has 1 N–H and O–H groups in total. The number of ether oxygens (including phenoxy) is 2. The summed E-state index contributed by atoms with van der Waals surface area (Å²) < 4.78 is 11.5. The van der Waals surface area contributed by atoms with Crippen molar-refractivity contribution >= 4 is 11.0 Å². The maximum atomic E-state index is 9.08. The number of morpholine rings is 1. The van der Waals surface area contributed by atoms with E-state index in [1.807, 2.05) is 36.4 Å². The number of nitriles is 1. The van der Waals surface area contributed by atoms with Crippen LogP contribution >= 0.6 is 0 Å². The summed E-state index contributed by atoms with van der Waals surface area (Å²) in [5, 5.41) is 9.08. The molecule has 1 aliphatic rings. The van der Waals surface area contributed by atoms with Crippen molar-refractivity contribution in [2.75, 3.05) is 39.5 Å². The molecule has 1 aromatic heterocycles. The van der Waals surface area contributed by atoms with Gasteiger partial charge in [-0.15, -0.1) is 0 Å². The van der Waals surface area contributed by atoms with Gasteiger partial charge in [-0.25, -0.2) is 4.98 Å². The van der Waals surface area contributed by atoms with Crippen LogP contribution < -0.4 is 4.74 Å². The molecule has 2 heterocycles. The molecule has 0 aliphatic carbocycles. The van der Waals surface area contributed by atoms with Gasteiger partial charge in [-0.3, -0.25) is 4.90 Å². The number of nitrogens with zero attached hydrogens (tertiary/aromatic N) is 3. The molecule has 1 aliphatic heterocycles. The Labute approximate surface area is 164 Å². The second-order valence-corrected chi connectivity index (χ2v) is 6.93. The van der Waals surface area contributed by atoms with Crippen LogP contribution in [0.3, 0.4) is 0 Å². The molecule has 0 saturated carbocycles. The summed E-state index contributed by atoms with van der Waals surface area (Å²) in [4.78, 5) is 10.4. The molecular formula is C22H24N4O2. The molecule has 0 spiro atoms. The summed E-state index contributed by atoms with van der Waals surface area (Å²) in [6.45, 7) is 5.53. The van der Waals surface area contributed by atoms with Crippen LogP contribution in [0.15, 0.2) is 42.5 Å². The molecule has 6 nitrogen and oxygen atoms in total. The fourth-order valence-electron chi connectivity index (χ4n) is 3.44. The minimum Gasteiger partial charge on any atom is -0.493 e. The first-order valence-corrected chi connectivity index (χ1v) is 9.76. The monoisotopic (exact) mass is 376 g/mol. The van der Waals surface area contributed by atoms with E-state index in [0.717, 1.165) is 73.9 Å². The third-order valence-corrected chi connectivity index (χ3v) is 4.98. The van der Waals surface area contributed by atoms with Gasteiger partial charge in [0.05, 0.1) is 48.1 Å². The van der Waals surface area contributed by atoms with Gasteiger partial charge < -0.3 is 14.5 Å². The summed E-state index contributed by atoms with van der Waals surface area (Å²) >= 11 is 0. The van der Waals surface area contributed by atoms with E-state index >= 15 is 0 Å². The smallest absolute Gasteiger partial charge is 0.142 e. The van der Waals surface area contributed by atoms with Crippen molar-refractivity contribution in [3.8, 4) is 23.2 Å². The molecule has 0 amide bonds. The van der Waals surface area contributed by atoms with Crippen LogP contribution in [0, 0.1) is 11.3 Å². The van der Waals surface area contributed by atoms with E-state index in [-0.39, 0.29) is 0 Å². The zero-order valence-electron chi connectivity index (χ0n) is 15.9. The summed E-state index contributed by atoms with van der Waals surface area (Å²) in [7, 11) is 0. The highest BCUT2D eigenvalue weighted by Crippen LogP contribution is 2.29. The van der Waals surface area contributed by atoms with Crippen molar-refractivity contribution in [2.45, 2.75) is 12.8 Å². The van der Waals surface area contributed by atoms with Gasteiger partial charge in [-0.05, 0) is 49.7 Å². The highest BCUT2D eigenvalue weighted by molar-refractivity contribution is 5.81.